The molecule has 2 aromatic heterocycles. The van der Waals surface area contributed by atoms with Gasteiger partial charge in [-0.3, -0.25) is 4.68 Å². The van der Waals surface area contributed by atoms with Crippen molar-refractivity contribution in [3.05, 3.63) is 23.1 Å². The molecule has 0 unspecified atom stereocenters. The summed E-state index contributed by atoms with van der Waals surface area (Å²) in [5.74, 6) is 1.46. The molecular formula is C11H14BrN5. The first-order chi connectivity index (χ1) is 8.24. The van der Waals surface area contributed by atoms with Crippen LogP contribution < -0.4 is 5.32 Å². The maximum Gasteiger partial charge on any atom is 0.164 e. The van der Waals surface area contributed by atoms with Crippen LogP contribution in [0.4, 0.5) is 5.82 Å². The van der Waals surface area contributed by atoms with Gasteiger partial charge in [-0.05, 0) is 22.4 Å². The minimum Gasteiger partial charge on any atom is -0.372 e. The molecule has 6 heteroatoms. The highest BCUT2D eigenvalue weighted by molar-refractivity contribution is 9.10. The van der Waals surface area contributed by atoms with E-state index < -0.39 is 0 Å². The predicted molar refractivity (Wildman–Crippen MR) is 70.8 cm³/mol. The van der Waals surface area contributed by atoms with E-state index in [2.05, 4.69) is 43.2 Å². The van der Waals surface area contributed by atoms with Crippen LogP contribution in [0.5, 0.6) is 0 Å². The van der Waals surface area contributed by atoms with E-state index >= 15 is 0 Å². The molecule has 2 rings (SSSR count). The Kier molecular flexibility index (Phi) is 3.73. The molecule has 0 aromatic carbocycles. The Morgan fingerprint density at radius 1 is 1.41 bits per heavy atom. The summed E-state index contributed by atoms with van der Waals surface area (Å²) in [6.07, 6.45) is 6.56. The van der Waals surface area contributed by atoms with E-state index in [4.69, 9.17) is 0 Å². The number of anilines is 1. The topological polar surface area (TPSA) is 55.6 Å². The highest BCUT2D eigenvalue weighted by Crippen LogP contribution is 2.22. The fraction of sp³-hybridized carbons (Fsp3) is 0.364. The van der Waals surface area contributed by atoms with Crippen LogP contribution in [0, 0.1) is 0 Å². The van der Waals surface area contributed by atoms with Gasteiger partial charge >= 0.3 is 0 Å². The number of aromatic nitrogens is 4. The van der Waals surface area contributed by atoms with Crippen molar-refractivity contribution in [2.45, 2.75) is 19.9 Å². The van der Waals surface area contributed by atoms with E-state index in [1.165, 1.54) is 0 Å². The lowest BCUT2D eigenvalue weighted by molar-refractivity contribution is 0.603. The van der Waals surface area contributed by atoms with E-state index in [1.54, 1.807) is 12.4 Å². The van der Waals surface area contributed by atoms with Gasteiger partial charge < -0.3 is 5.32 Å². The molecule has 90 valence electrons. The van der Waals surface area contributed by atoms with Crippen molar-refractivity contribution in [3.8, 4) is 11.4 Å². The standard InChI is InChI=1S/C11H14BrN5/c1-3-4-17-7-8(5-15-17)10-14-6-9(12)11(13-2)16-10/h5-7H,3-4H2,1-2H3,(H,13,14,16). The van der Waals surface area contributed by atoms with Gasteiger partial charge in [0, 0.05) is 26.0 Å². The number of hydrogen-bond donors (Lipinski definition) is 1. The minimum absolute atomic E-state index is 0.680. The lowest BCUT2D eigenvalue weighted by atomic mass is 10.3. The first kappa shape index (κ1) is 12.0. The number of nitrogens with zero attached hydrogens (tertiary/aromatic N) is 4. The van der Waals surface area contributed by atoms with Gasteiger partial charge in [0.15, 0.2) is 5.82 Å². The average Bonchev–Trinajstić information content (AvgIpc) is 2.79. The summed E-state index contributed by atoms with van der Waals surface area (Å²) in [6.45, 7) is 3.03. The van der Waals surface area contributed by atoms with E-state index in [0.29, 0.717) is 5.82 Å². The van der Waals surface area contributed by atoms with Gasteiger partial charge in [0.2, 0.25) is 0 Å². The fourth-order valence-corrected chi connectivity index (χ4v) is 1.90. The summed E-state index contributed by atoms with van der Waals surface area (Å²) in [6, 6.07) is 0. The highest BCUT2D eigenvalue weighted by Gasteiger charge is 2.07. The molecule has 5 nitrogen and oxygen atoms in total. The molecule has 0 saturated carbocycles. The molecule has 0 bridgehead atoms. The number of halogens is 1. The van der Waals surface area contributed by atoms with Crippen LogP contribution in [0.15, 0.2) is 23.1 Å². The Hall–Kier alpha value is -1.43. The van der Waals surface area contributed by atoms with E-state index in [1.807, 2.05) is 17.9 Å². The van der Waals surface area contributed by atoms with Gasteiger partial charge in [0.1, 0.15) is 5.82 Å². The third-order valence-corrected chi connectivity index (χ3v) is 2.91. The summed E-state index contributed by atoms with van der Waals surface area (Å²) in [4.78, 5) is 8.69. The predicted octanol–water partition coefficient (Wildman–Crippen LogP) is 2.55. The molecule has 0 aliphatic rings. The highest BCUT2D eigenvalue weighted by atomic mass is 79.9. The first-order valence-corrected chi connectivity index (χ1v) is 6.27. The zero-order chi connectivity index (χ0) is 12.3. The fourth-order valence-electron chi connectivity index (χ4n) is 1.51. The summed E-state index contributed by atoms with van der Waals surface area (Å²) in [7, 11) is 1.83. The summed E-state index contributed by atoms with van der Waals surface area (Å²) in [5, 5.41) is 7.28. The van der Waals surface area contributed by atoms with Crippen LogP contribution >= 0.6 is 15.9 Å². The molecular weight excluding hydrogens is 282 g/mol. The number of nitrogens with one attached hydrogen (secondary N) is 1. The monoisotopic (exact) mass is 295 g/mol. The second-order valence-electron chi connectivity index (χ2n) is 3.63. The number of aryl methyl sites for hydroxylation is 1. The van der Waals surface area contributed by atoms with Crippen molar-refractivity contribution in [3.63, 3.8) is 0 Å². The Balaban J connectivity index is 2.32. The summed E-state index contributed by atoms with van der Waals surface area (Å²) >= 11 is 3.38. The third kappa shape index (κ3) is 2.63. The zero-order valence-corrected chi connectivity index (χ0v) is 11.4. The molecule has 2 aromatic rings. The van der Waals surface area contributed by atoms with Gasteiger partial charge in [0.05, 0.1) is 16.2 Å². The lowest BCUT2D eigenvalue weighted by Crippen LogP contribution is -1.97. The van der Waals surface area contributed by atoms with E-state index in [-0.39, 0.29) is 0 Å². The largest absolute Gasteiger partial charge is 0.372 e. The molecule has 0 amide bonds. The van der Waals surface area contributed by atoms with Gasteiger partial charge in [-0.15, -0.1) is 0 Å². The van der Waals surface area contributed by atoms with Crippen LogP contribution in [0.3, 0.4) is 0 Å². The van der Waals surface area contributed by atoms with Crippen LogP contribution in [-0.2, 0) is 6.54 Å². The second-order valence-corrected chi connectivity index (χ2v) is 4.49. The molecule has 0 fully saturated rings. The Labute approximate surface area is 108 Å². The maximum atomic E-state index is 4.41. The Bertz CT molecular complexity index is 508. The van der Waals surface area contributed by atoms with E-state index in [9.17, 15) is 0 Å². The first-order valence-electron chi connectivity index (χ1n) is 5.47. The third-order valence-electron chi connectivity index (χ3n) is 2.33. The van der Waals surface area contributed by atoms with Crippen molar-refractivity contribution in [1.82, 2.24) is 19.7 Å². The molecule has 0 atom stereocenters. The number of rotatable bonds is 4. The quantitative estimate of drug-likeness (QED) is 0.942. The van der Waals surface area contributed by atoms with Gasteiger partial charge in [-0.2, -0.15) is 5.10 Å². The molecule has 1 N–H and O–H groups in total. The summed E-state index contributed by atoms with van der Waals surface area (Å²) < 4.78 is 2.75. The van der Waals surface area contributed by atoms with Crippen molar-refractivity contribution < 1.29 is 0 Å². The molecule has 0 saturated heterocycles. The smallest absolute Gasteiger partial charge is 0.164 e. The Morgan fingerprint density at radius 2 is 2.24 bits per heavy atom. The maximum absolute atomic E-state index is 4.41. The van der Waals surface area contributed by atoms with Crippen molar-refractivity contribution in [2.75, 3.05) is 12.4 Å². The lowest BCUT2D eigenvalue weighted by Gasteiger charge is -2.03. The normalized spacial score (nSPS) is 10.5. The molecule has 2 heterocycles. The van der Waals surface area contributed by atoms with Crippen LogP contribution in [0.2, 0.25) is 0 Å². The second kappa shape index (κ2) is 5.27. The van der Waals surface area contributed by atoms with Crippen LogP contribution in [0.25, 0.3) is 11.4 Å². The SMILES string of the molecule is CCCn1cc(-c2ncc(Br)c(NC)n2)cn1. The minimum atomic E-state index is 0.680. The van der Waals surface area contributed by atoms with Crippen molar-refractivity contribution >= 4 is 21.7 Å². The van der Waals surface area contributed by atoms with Crippen LogP contribution in [0.1, 0.15) is 13.3 Å². The van der Waals surface area contributed by atoms with Crippen LogP contribution in [-0.4, -0.2) is 26.8 Å². The molecule has 0 aliphatic heterocycles. The molecule has 0 spiro atoms. The van der Waals surface area contributed by atoms with Crippen molar-refractivity contribution in [1.29, 1.82) is 0 Å². The molecule has 0 radical (unpaired) electrons. The van der Waals surface area contributed by atoms with Gasteiger partial charge in [-0.25, -0.2) is 9.97 Å². The Morgan fingerprint density at radius 3 is 2.94 bits per heavy atom. The molecule has 0 aliphatic carbocycles. The zero-order valence-electron chi connectivity index (χ0n) is 9.81. The average molecular weight is 296 g/mol. The van der Waals surface area contributed by atoms with Gasteiger partial charge in [0.25, 0.3) is 0 Å². The summed E-state index contributed by atoms with van der Waals surface area (Å²) in [5.41, 5.74) is 0.933. The number of hydrogen-bond acceptors (Lipinski definition) is 4. The van der Waals surface area contributed by atoms with Crippen molar-refractivity contribution in [2.24, 2.45) is 0 Å². The van der Waals surface area contributed by atoms with Gasteiger partial charge in [-0.1, -0.05) is 6.92 Å². The molecule has 17 heavy (non-hydrogen) atoms. The van der Waals surface area contributed by atoms with E-state index in [0.717, 1.165) is 28.8 Å².